The van der Waals surface area contributed by atoms with Crippen molar-refractivity contribution in [1.82, 2.24) is 9.88 Å². The molecule has 0 radical (unpaired) electrons. The number of hydrogen-bond acceptors (Lipinski definition) is 5. The molecule has 204 valence electrons. The van der Waals surface area contributed by atoms with Crippen LogP contribution in [-0.2, 0) is 0 Å². The highest BCUT2D eigenvalue weighted by atomic mass is 19.3. The summed E-state index contributed by atoms with van der Waals surface area (Å²) in [7, 11) is 3.94. The Balaban J connectivity index is 1.47. The third-order valence-electron chi connectivity index (χ3n) is 7.27. The number of nitrogens with one attached hydrogen (secondary N) is 1. The van der Waals surface area contributed by atoms with E-state index in [1.807, 2.05) is 55.4 Å². The third-order valence-corrected chi connectivity index (χ3v) is 7.27. The fourth-order valence-corrected chi connectivity index (χ4v) is 4.99. The predicted molar refractivity (Wildman–Crippen MR) is 151 cm³/mol. The number of amides is 1. The maximum Gasteiger partial charge on any atom is 0.278 e. The Morgan fingerprint density at radius 3 is 2.26 bits per heavy atom. The van der Waals surface area contributed by atoms with Crippen LogP contribution in [0.3, 0.4) is 0 Å². The molecule has 1 aromatic carbocycles. The minimum Gasteiger partial charge on any atom is -0.436 e. The highest BCUT2D eigenvalue weighted by Gasteiger charge is 2.27. The van der Waals surface area contributed by atoms with E-state index < -0.39 is 5.92 Å². The van der Waals surface area contributed by atoms with Gasteiger partial charge in [-0.2, -0.15) is 0 Å². The molecule has 8 heteroatoms. The van der Waals surface area contributed by atoms with Gasteiger partial charge in [0.1, 0.15) is 0 Å². The van der Waals surface area contributed by atoms with Gasteiger partial charge in [0, 0.05) is 67.9 Å². The van der Waals surface area contributed by atoms with Crippen molar-refractivity contribution >= 4 is 28.4 Å². The van der Waals surface area contributed by atoms with Crippen molar-refractivity contribution in [2.75, 3.05) is 37.4 Å². The van der Waals surface area contributed by atoms with Crippen LogP contribution in [0.5, 0.6) is 0 Å². The number of oxazole rings is 1. The summed E-state index contributed by atoms with van der Waals surface area (Å²) >= 11 is 0. The van der Waals surface area contributed by atoms with E-state index in [-0.39, 0.29) is 29.1 Å². The molecule has 1 amide bonds. The summed E-state index contributed by atoms with van der Waals surface area (Å²) in [6.07, 6.45) is 14.9. The summed E-state index contributed by atoms with van der Waals surface area (Å²) < 4.78 is 33.6. The van der Waals surface area contributed by atoms with Gasteiger partial charge < -0.3 is 19.5 Å². The molecule has 3 aliphatic rings. The Labute approximate surface area is 227 Å². The summed E-state index contributed by atoms with van der Waals surface area (Å²) in [6.45, 7) is 2.97. The minimum atomic E-state index is -2.92. The molecule has 0 spiro atoms. The molecule has 6 nitrogen and oxygen atoms in total. The zero-order valence-electron chi connectivity index (χ0n) is 22.6. The summed E-state index contributed by atoms with van der Waals surface area (Å²) in [4.78, 5) is 22.4. The maximum absolute atomic E-state index is 13.7. The van der Waals surface area contributed by atoms with Crippen molar-refractivity contribution in [3.05, 3.63) is 88.6 Å². The number of alkyl halides is 2. The van der Waals surface area contributed by atoms with Crippen LogP contribution in [-0.4, -0.2) is 48.9 Å². The number of rotatable bonds is 5. The Morgan fingerprint density at radius 1 is 0.974 bits per heavy atom. The lowest BCUT2D eigenvalue weighted by Crippen LogP contribution is -2.29. The summed E-state index contributed by atoms with van der Waals surface area (Å²) in [6, 6.07) is 7.85. The second kappa shape index (κ2) is 11.0. The monoisotopic (exact) mass is 532 g/mol. The number of nitrogens with zero attached hydrogens (tertiary/aromatic N) is 3. The van der Waals surface area contributed by atoms with Crippen LogP contribution >= 0.6 is 0 Å². The van der Waals surface area contributed by atoms with Crippen LogP contribution in [0.1, 0.15) is 49.5 Å². The molecule has 0 atom stereocenters. The molecule has 0 unspecified atom stereocenters. The van der Waals surface area contributed by atoms with Gasteiger partial charge in [-0.05, 0) is 62.4 Å². The van der Waals surface area contributed by atoms with E-state index in [9.17, 15) is 13.6 Å². The van der Waals surface area contributed by atoms with Crippen molar-refractivity contribution in [3.63, 3.8) is 0 Å². The lowest BCUT2D eigenvalue weighted by molar-refractivity contribution is 0.0671. The van der Waals surface area contributed by atoms with Crippen LogP contribution in [0.4, 0.5) is 20.2 Å². The molecule has 1 N–H and O–H groups in total. The van der Waals surface area contributed by atoms with E-state index >= 15 is 0 Å². The zero-order chi connectivity index (χ0) is 27.6. The van der Waals surface area contributed by atoms with Crippen LogP contribution in [0.2, 0.25) is 0 Å². The van der Waals surface area contributed by atoms with E-state index in [1.54, 1.807) is 6.08 Å². The Morgan fingerprint density at radius 2 is 1.67 bits per heavy atom. The zero-order valence-corrected chi connectivity index (χ0v) is 22.6. The largest absolute Gasteiger partial charge is 0.436 e. The van der Waals surface area contributed by atoms with Crippen LogP contribution in [0.25, 0.3) is 11.1 Å². The number of allylic oxidation sites excluding steroid dienone is 7. The highest BCUT2D eigenvalue weighted by Crippen LogP contribution is 2.29. The molecule has 1 saturated heterocycles. The second-order valence-electron chi connectivity index (χ2n) is 10.4. The van der Waals surface area contributed by atoms with Crippen molar-refractivity contribution < 1.29 is 18.0 Å². The Kier molecular flexibility index (Phi) is 7.55. The van der Waals surface area contributed by atoms with E-state index in [4.69, 9.17) is 4.42 Å². The number of anilines is 2. The topological polar surface area (TPSA) is 61.6 Å². The van der Waals surface area contributed by atoms with Crippen molar-refractivity contribution in [1.29, 1.82) is 0 Å². The first-order valence-electron chi connectivity index (χ1n) is 13.4. The first-order valence-corrected chi connectivity index (χ1v) is 13.4. The Bertz CT molecular complexity index is 1480. The van der Waals surface area contributed by atoms with Gasteiger partial charge in [0.2, 0.25) is 5.55 Å². The quantitative estimate of drug-likeness (QED) is 0.576. The third kappa shape index (κ3) is 6.05. The van der Waals surface area contributed by atoms with Gasteiger partial charge in [-0.15, -0.1) is 0 Å². The van der Waals surface area contributed by atoms with Gasteiger partial charge in [-0.25, -0.2) is 13.8 Å². The van der Waals surface area contributed by atoms with Crippen molar-refractivity contribution in [3.8, 4) is 0 Å². The van der Waals surface area contributed by atoms with Gasteiger partial charge in [0.25, 0.3) is 11.8 Å². The number of hydrogen-bond donors (Lipinski definition) is 1. The smallest absolute Gasteiger partial charge is 0.278 e. The number of benzene rings is 1. The molecule has 5 rings (SSSR count). The average Bonchev–Trinajstić information content (AvgIpc) is 3.39. The van der Waals surface area contributed by atoms with Crippen LogP contribution in [0, 0.1) is 0 Å². The minimum absolute atomic E-state index is 0.0464. The SMILES string of the molecule is CN(C)C1=CCC(=c2oc(=C3C=CC(C(C)(F)F)=CC3)nc2C(=O)Nc2ccc(N3CCCCC3)cc2)C=C1. The van der Waals surface area contributed by atoms with Crippen molar-refractivity contribution in [2.24, 2.45) is 0 Å². The van der Waals surface area contributed by atoms with E-state index in [0.29, 0.717) is 23.1 Å². The standard InChI is InChI=1S/C31H34F2N4O2/c1-31(32,33)23-11-7-22(8-12-23)30-35-27(28(39-30)21-9-15-25(16-10-21)36(2)3)29(38)34-24-13-17-26(18-14-24)37-19-5-4-6-20-37/h7,9,11-18H,4-6,8,10,19-20H2,1-3H3,(H,34,38). The van der Waals surface area contributed by atoms with Gasteiger partial charge in [0.15, 0.2) is 11.1 Å². The molecule has 39 heavy (non-hydrogen) atoms. The number of piperidine rings is 1. The van der Waals surface area contributed by atoms with Gasteiger partial charge in [-0.3, -0.25) is 4.79 Å². The number of aromatic nitrogens is 1. The molecule has 0 saturated carbocycles. The van der Waals surface area contributed by atoms with E-state index in [1.165, 1.54) is 31.4 Å². The molecule has 2 heterocycles. The fourth-order valence-electron chi connectivity index (χ4n) is 4.99. The predicted octanol–water partition coefficient (Wildman–Crippen LogP) is 5.17. The first kappa shape index (κ1) is 26.7. The molecule has 1 aromatic heterocycles. The first-order chi connectivity index (χ1) is 18.7. The normalized spacial score (nSPS) is 20.5. The Hall–Kier alpha value is -3.94. The molecule has 2 aliphatic carbocycles. The van der Waals surface area contributed by atoms with Gasteiger partial charge in [0.05, 0.1) is 0 Å². The summed E-state index contributed by atoms with van der Waals surface area (Å²) in [5.74, 6) is -3.30. The number of likely N-dealkylation sites (N-methyl/N-ethyl adjacent to an activating group) is 1. The number of carbonyl (C=O) groups is 1. The lowest BCUT2D eigenvalue weighted by Gasteiger charge is -2.28. The van der Waals surface area contributed by atoms with Gasteiger partial charge in [-0.1, -0.05) is 30.4 Å². The van der Waals surface area contributed by atoms with Gasteiger partial charge >= 0.3 is 0 Å². The van der Waals surface area contributed by atoms with Crippen LogP contribution in [0.15, 0.2) is 76.4 Å². The lowest BCUT2D eigenvalue weighted by atomic mass is 9.99. The van der Waals surface area contributed by atoms with Crippen LogP contribution < -0.4 is 21.2 Å². The average molecular weight is 533 g/mol. The molecule has 2 aromatic rings. The summed E-state index contributed by atoms with van der Waals surface area (Å²) in [5, 5.41) is 2.96. The summed E-state index contributed by atoms with van der Waals surface area (Å²) in [5.41, 5.74) is 5.09. The fraction of sp³-hybridized carbons (Fsp3) is 0.355. The number of halogens is 2. The van der Waals surface area contributed by atoms with E-state index in [2.05, 4.69) is 21.3 Å². The van der Waals surface area contributed by atoms with E-state index in [0.717, 1.165) is 37.0 Å². The molecular formula is C31H34F2N4O2. The molecule has 0 bridgehead atoms. The second-order valence-corrected chi connectivity index (χ2v) is 10.4. The highest BCUT2D eigenvalue weighted by molar-refractivity contribution is 6.03. The maximum atomic E-state index is 13.7. The van der Waals surface area contributed by atoms with Crippen molar-refractivity contribution in [2.45, 2.75) is 45.0 Å². The molecule has 1 fully saturated rings. The number of carbonyl (C=O) groups excluding carboxylic acids is 1. The molecular weight excluding hydrogens is 498 g/mol. The molecule has 1 aliphatic heterocycles.